The van der Waals surface area contributed by atoms with Crippen molar-refractivity contribution in [3.63, 3.8) is 0 Å². The fourth-order valence-electron chi connectivity index (χ4n) is 1.99. The van der Waals surface area contributed by atoms with E-state index in [9.17, 15) is 0 Å². The Balaban J connectivity index is 2.02. The van der Waals surface area contributed by atoms with Crippen molar-refractivity contribution in [2.45, 2.75) is 26.9 Å². The van der Waals surface area contributed by atoms with Crippen LogP contribution in [0.15, 0.2) is 23.6 Å². The van der Waals surface area contributed by atoms with Gasteiger partial charge < -0.3 is 10.2 Å². The molecule has 6 nitrogen and oxygen atoms in total. The Labute approximate surface area is 129 Å². The first-order valence-electron chi connectivity index (χ1n) is 6.96. The van der Waals surface area contributed by atoms with Crippen LogP contribution in [0.5, 0.6) is 0 Å². The zero-order chi connectivity index (χ0) is 15.2. The third-order valence-electron chi connectivity index (χ3n) is 2.91. The van der Waals surface area contributed by atoms with Crippen molar-refractivity contribution in [3.05, 3.63) is 34.0 Å². The summed E-state index contributed by atoms with van der Waals surface area (Å²) in [7, 11) is 3.95. The molecule has 7 heteroatoms. The fraction of sp³-hybridized carbons (Fsp3) is 0.500. The number of hydrogen-bond donors (Lipinski definition) is 1. The largest absolute Gasteiger partial charge is 0.357 e. The molecule has 2 heterocycles. The van der Waals surface area contributed by atoms with Gasteiger partial charge in [-0.2, -0.15) is 5.10 Å². The van der Waals surface area contributed by atoms with Gasteiger partial charge in [0, 0.05) is 50.0 Å². The van der Waals surface area contributed by atoms with Gasteiger partial charge in [-0.3, -0.25) is 4.68 Å². The molecule has 0 unspecified atom stereocenters. The van der Waals surface area contributed by atoms with Crippen LogP contribution in [0.1, 0.15) is 22.4 Å². The van der Waals surface area contributed by atoms with Crippen LogP contribution in [0.3, 0.4) is 0 Å². The third-order valence-corrected chi connectivity index (χ3v) is 3.81. The van der Waals surface area contributed by atoms with Crippen LogP contribution >= 0.6 is 11.3 Å². The highest BCUT2D eigenvalue weighted by molar-refractivity contribution is 7.11. The fourth-order valence-corrected chi connectivity index (χ4v) is 2.70. The average Bonchev–Trinajstić information content (AvgIpc) is 3.03. The second-order valence-electron chi connectivity index (χ2n) is 4.91. The van der Waals surface area contributed by atoms with Crippen molar-refractivity contribution in [2.24, 2.45) is 12.0 Å². The molecule has 114 valence electrons. The molecule has 2 aromatic heterocycles. The van der Waals surface area contributed by atoms with Crippen LogP contribution in [-0.2, 0) is 20.1 Å². The summed E-state index contributed by atoms with van der Waals surface area (Å²) in [5.41, 5.74) is 1.16. The van der Waals surface area contributed by atoms with E-state index in [1.165, 1.54) is 4.88 Å². The summed E-state index contributed by atoms with van der Waals surface area (Å²) >= 11 is 1.69. The van der Waals surface area contributed by atoms with Gasteiger partial charge in [-0.05, 0) is 13.8 Å². The Morgan fingerprint density at radius 2 is 2.29 bits per heavy atom. The summed E-state index contributed by atoms with van der Waals surface area (Å²) < 4.78 is 1.81. The summed E-state index contributed by atoms with van der Waals surface area (Å²) in [6.45, 7) is 6.35. The second-order valence-corrected chi connectivity index (χ2v) is 6.23. The SMILES string of the molecule is CCNC(=NCc1ncc(C)s1)N(C)Cc1cnn(C)c1. The van der Waals surface area contributed by atoms with E-state index in [2.05, 4.69) is 39.1 Å². The van der Waals surface area contributed by atoms with Crippen molar-refractivity contribution in [1.82, 2.24) is 25.0 Å². The predicted octanol–water partition coefficient (Wildman–Crippen LogP) is 1.78. The van der Waals surface area contributed by atoms with Crippen LogP contribution in [0.4, 0.5) is 0 Å². The van der Waals surface area contributed by atoms with Crippen molar-refractivity contribution >= 4 is 17.3 Å². The number of aromatic nitrogens is 3. The van der Waals surface area contributed by atoms with E-state index in [1.807, 2.05) is 37.4 Å². The molecule has 0 atom stereocenters. The molecule has 0 bridgehead atoms. The zero-order valence-corrected chi connectivity index (χ0v) is 13.8. The number of aliphatic imine (C=N–C) groups is 1. The molecule has 0 spiro atoms. The molecular weight excluding hydrogens is 284 g/mol. The highest BCUT2D eigenvalue weighted by Gasteiger charge is 2.08. The van der Waals surface area contributed by atoms with Gasteiger partial charge in [-0.15, -0.1) is 11.3 Å². The van der Waals surface area contributed by atoms with Crippen LogP contribution < -0.4 is 5.32 Å². The molecule has 0 aliphatic heterocycles. The Bertz CT molecular complexity index is 600. The molecule has 0 saturated heterocycles. The van der Waals surface area contributed by atoms with Crippen molar-refractivity contribution in [2.75, 3.05) is 13.6 Å². The summed E-state index contributed by atoms with van der Waals surface area (Å²) in [6, 6.07) is 0. The lowest BCUT2D eigenvalue weighted by molar-refractivity contribution is 0.476. The topological polar surface area (TPSA) is 58.3 Å². The lowest BCUT2D eigenvalue weighted by atomic mass is 10.3. The van der Waals surface area contributed by atoms with E-state index in [0.717, 1.165) is 29.6 Å². The smallest absolute Gasteiger partial charge is 0.194 e. The summed E-state index contributed by atoms with van der Waals surface area (Å²) in [4.78, 5) is 12.3. The van der Waals surface area contributed by atoms with Crippen LogP contribution in [0.25, 0.3) is 0 Å². The first-order chi connectivity index (χ1) is 10.1. The van der Waals surface area contributed by atoms with E-state index in [4.69, 9.17) is 0 Å². The molecular formula is C14H22N6S. The van der Waals surface area contributed by atoms with E-state index < -0.39 is 0 Å². The summed E-state index contributed by atoms with van der Waals surface area (Å²) in [5, 5.41) is 8.54. The number of aryl methyl sites for hydroxylation is 2. The minimum absolute atomic E-state index is 0.609. The quantitative estimate of drug-likeness (QED) is 0.676. The highest BCUT2D eigenvalue weighted by Crippen LogP contribution is 2.12. The zero-order valence-electron chi connectivity index (χ0n) is 13.0. The number of guanidine groups is 1. The maximum Gasteiger partial charge on any atom is 0.194 e. The van der Waals surface area contributed by atoms with Crippen LogP contribution in [0, 0.1) is 6.92 Å². The Morgan fingerprint density at radius 3 is 2.86 bits per heavy atom. The maximum atomic E-state index is 4.65. The van der Waals surface area contributed by atoms with Gasteiger partial charge in [0.25, 0.3) is 0 Å². The molecule has 1 N–H and O–H groups in total. The van der Waals surface area contributed by atoms with E-state index in [1.54, 1.807) is 11.3 Å². The van der Waals surface area contributed by atoms with Crippen molar-refractivity contribution in [1.29, 1.82) is 0 Å². The minimum atomic E-state index is 0.609. The van der Waals surface area contributed by atoms with Crippen molar-refractivity contribution < 1.29 is 0 Å². The van der Waals surface area contributed by atoms with E-state index in [0.29, 0.717) is 6.54 Å². The van der Waals surface area contributed by atoms with Gasteiger partial charge in [0.2, 0.25) is 0 Å². The standard InChI is InChI=1S/C14H22N6S/c1-5-15-14(17-8-13-16-6-11(2)21-13)19(3)9-12-7-18-20(4)10-12/h6-7,10H,5,8-9H2,1-4H3,(H,15,17). The van der Waals surface area contributed by atoms with E-state index in [-0.39, 0.29) is 0 Å². The molecule has 2 aromatic rings. The lowest BCUT2D eigenvalue weighted by Gasteiger charge is -2.21. The molecule has 2 rings (SSSR count). The monoisotopic (exact) mass is 306 g/mol. The second kappa shape index (κ2) is 7.21. The van der Waals surface area contributed by atoms with Gasteiger partial charge >= 0.3 is 0 Å². The molecule has 0 radical (unpaired) electrons. The number of hydrogen-bond acceptors (Lipinski definition) is 4. The minimum Gasteiger partial charge on any atom is -0.357 e. The molecule has 0 aromatic carbocycles. The van der Waals surface area contributed by atoms with Gasteiger partial charge in [-0.25, -0.2) is 9.98 Å². The summed E-state index contributed by atoms with van der Waals surface area (Å²) in [5.74, 6) is 0.884. The third kappa shape index (κ3) is 4.56. The Kier molecular flexibility index (Phi) is 5.32. The Morgan fingerprint density at radius 1 is 1.48 bits per heavy atom. The molecule has 0 aliphatic rings. The number of thiazole rings is 1. The number of nitrogens with zero attached hydrogens (tertiary/aromatic N) is 5. The molecule has 0 fully saturated rings. The molecule has 0 aliphatic carbocycles. The molecule has 0 saturated carbocycles. The highest BCUT2D eigenvalue weighted by atomic mass is 32.1. The maximum absolute atomic E-state index is 4.65. The van der Waals surface area contributed by atoms with Gasteiger partial charge in [0.05, 0.1) is 12.7 Å². The van der Waals surface area contributed by atoms with Gasteiger partial charge in [0.15, 0.2) is 5.96 Å². The summed E-state index contributed by atoms with van der Waals surface area (Å²) in [6.07, 6.45) is 5.79. The molecule has 0 amide bonds. The van der Waals surface area contributed by atoms with Crippen molar-refractivity contribution in [3.8, 4) is 0 Å². The normalized spacial score (nSPS) is 11.7. The van der Waals surface area contributed by atoms with Crippen LogP contribution in [-0.4, -0.2) is 39.2 Å². The lowest BCUT2D eigenvalue weighted by Crippen LogP contribution is -2.38. The predicted molar refractivity (Wildman–Crippen MR) is 86.3 cm³/mol. The Hall–Kier alpha value is -1.89. The first kappa shape index (κ1) is 15.5. The van der Waals surface area contributed by atoms with Gasteiger partial charge in [-0.1, -0.05) is 0 Å². The number of rotatable bonds is 5. The van der Waals surface area contributed by atoms with Crippen LogP contribution in [0.2, 0.25) is 0 Å². The number of nitrogens with one attached hydrogen (secondary N) is 1. The first-order valence-corrected chi connectivity index (χ1v) is 7.78. The van der Waals surface area contributed by atoms with Gasteiger partial charge in [0.1, 0.15) is 5.01 Å². The van der Waals surface area contributed by atoms with E-state index >= 15 is 0 Å². The average molecular weight is 306 g/mol. The molecule has 21 heavy (non-hydrogen) atoms.